The van der Waals surface area contributed by atoms with E-state index < -0.39 is 11.9 Å². The summed E-state index contributed by atoms with van der Waals surface area (Å²) in [5, 5.41) is 6.30. The predicted molar refractivity (Wildman–Crippen MR) is 107 cm³/mol. The topological polar surface area (TPSA) is 93.2 Å². The Hall–Kier alpha value is -3.45. The van der Waals surface area contributed by atoms with E-state index >= 15 is 0 Å². The lowest BCUT2D eigenvalue weighted by Crippen LogP contribution is -2.14. The molecule has 0 fully saturated rings. The van der Waals surface area contributed by atoms with Crippen LogP contribution >= 0.6 is 11.6 Å². The minimum atomic E-state index is -0.433. The maximum Gasteiger partial charge on any atom is 0.340 e. The number of para-hydroxylation sites is 1. The van der Waals surface area contributed by atoms with Gasteiger partial charge in [-0.3, -0.25) is 4.79 Å². The molecule has 0 saturated heterocycles. The number of nitrogens with zero attached hydrogens (tertiary/aromatic N) is 2. The Morgan fingerprint density at radius 3 is 2.46 bits per heavy atom. The Morgan fingerprint density at radius 2 is 1.79 bits per heavy atom. The molecule has 0 unspecified atom stereocenters. The number of aromatic nitrogens is 2. The van der Waals surface area contributed by atoms with E-state index in [2.05, 4.69) is 20.6 Å². The second-order valence-electron chi connectivity index (χ2n) is 5.64. The molecule has 8 heteroatoms. The number of hydrogen-bond donors (Lipinski definition) is 2. The monoisotopic (exact) mass is 396 g/mol. The lowest BCUT2D eigenvalue weighted by atomic mass is 10.2. The molecule has 28 heavy (non-hydrogen) atoms. The average Bonchev–Trinajstić information content (AvgIpc) is 2.71. The van der Waals surface area contributed by atoms with E-state index in [4.69, 9.17) is 16.3 Å². The summed E-state index contributed by atoms with van der Waals surface area (Å²) in [6, 6.07) is 13.6. The van der Waals surface area contributed by atoms with Gasteiger partial charge in [0.1, 0.15) is 11.5 Å². The zero-order valence-electron chi connectivity index (χ0n) is 15.0. The molecule has 0 aliphatic carbocycles. The fourth-order valence-corrected chi connectivity index (χ4v) is 2.48. The summed E-state index contributed by atoms with van der Waals surface area (Å²) in [5.74, 6) is -0.439. The molecule has 0 bridgehead atoms. The number of carbonyl (C=O) groups is 2. The maximum absolute atomic E-state index is 12.3. The molecule has 2 N–H and O–H groups in total. The van der Waals surface area contributed by atoms with Crippen LogP contribution in [0.2, 0.25) is 5.02 Å². The van der Waals surface area contributed by atoms with Crippen molar-refractivity contribution in [3.05, 3.63) is 77.2 Å². The van der Waals surface area contributed by atoms with Gasteiger partial charge in [-0.25, -0.2) is 14.8 Å². The van der Waals surface area contributed by atoms with E-state index in [0.29, 0.717) is 27.8 Å². The lowest BCUT2D eigenvalue weighted by Gasteiger charge is -2.10. The van der Waals surface area contributed by atoms with Crippen LogP contribution < -0.4 is 10.6 Å². The number of esters is 1. The van der Waals surface area contributed by atoms with Gasteiger partial charge in [0.05, 0.1) is 30.3 Å². The fraction of sp³-hybridized carbons (Fsp3) is 0.100. The standard InChI is InChI=1S/C20H17ClN4O3/c1-2-28-20(27)15-5-3-4-6-16(15)25-18-12-22-17(11-23-18)19(26)24-14-9-7-13(21)8-10-14/h3-12H,2H2,1H3,(H,23,25)(H,24,26). The van der Waals surface area contributed by atoms with Crippen LogP contribution in [-0.4, -0.2) is 28.5 Å². The minimum Gasteiger partial charge on any atom is -0.462 e. The first kappa shape index (κ1) is 19.3. The highest BCUT2D eigenvalue weighted by atomic mass is 35.5. The van der Waals surface area contributed by atoms with Gasteiger partial charge in [0.25, 0.3) is 5.91 Å². The van der Waals surface area contributed by atoms with Crippen LogP contribution in [0, 0.1) is 0 Å². The Balaban J connectivity index is 1.70. The Kier molecular flexibility index (Phi) is 6.18. The highest BCUT2D eigenvalue weighted by Crippen LogP contribution is 2.20. The van der Waals surface area contributed by atoms with Crippen molar-refractivity contribution in [2.24, 2.45) is 0 Å². The highest BCUT2D eigenvalue weighted by Gasteiger charge is 2.13. The van der Waals surface area contributed by atoms with Crippen molar-refractivity contribution in [1.82, 2.24) is 9.97 Å². The molecule has 142 valence electrons. The number of nitrogens with one attached hydrogen (secondary N) is 2. The quantitative estimate of drug-likeness (QED) is 0.603. The van der Waals surface area contributed by atoms with E-state index in [1.807, 2.05) is 0 Å². The van der Waals surface area contributed by atoms with Crippen LogP contribution in [0.3, 0.4) is 0 Å². The van der Waals surface area contributed by atoms with E-state index in [1.165, 1.54) is 12.4 Å². The number of carbonyl (C=O) groups excluding carboxylic acids is 2. The predicted octanol–water partition coefficient (Wildman–Crippen LogP) is 4.30. The van der Waals surface area contributed by atoms with Crippen molar-refractivity contribution in [3.8, 4) is 0 Å². The van der Waals surface area contributed by atoms with Crippen molar-refractivity contribution in [2.75, 3.05) is 17.2 Å². The molecule has 1 aromatic heterocycles. The molecule has 0 spiro atoms. The minimum absolute atomic E-state index is 0.152. The van der Waals surface area contributed by atoms with E-state index in [1.54, 1.807) is 55.5 Å². The van der Waals surface area contributed by atoms with Crippen LogP contribution in [0.4, 0.5) is 17.2 Å². The van der Waals surface area contributed by atoms with Crippen LogP contribution in [0.5, 0.6) is 0 Å². The number of halogens is 1. The normalized spacial score (nSPS) is 10.2. The van der Waals surface area contributed by atoms with Gasteiger partial charge >= 0.3 is 5.97 Å². The molecule has 2 aromatic carbocycles. The molecule has 0 radical (unpaired) electrons. The van der Waals surface area contributed by atoms with Crippen LogP contribution in [0.15, 0.2) is 60.9 Å². The number of amides is 1. The fourth-order valence-electron chi connectivity index (χ4n) is 2.36. The summed E-state index contributed by atoms with van der Waals surface area (Å²) in [4.78, 5) is 32.6. The Morgan fingerprint density at radius 1 is 1.04 bits per heavy atom. The number of anilines is 3. The first-order chi connectivity index (χ1) is 13.6. The molecule has 1 amide bonds. The molecular weight excluding hydrogens is 380 g/mol. The second kappa shape index (κ2) is 8.96. The number of hydrogen-bond acceptors (Lipinski definition) is 6. The third-order valence-electron chi connectivity index (χ3n) is 3.67. The first-order valence-electron chi connectivity index (χ1n) is 8.49. The summed E-state index contributed by atoms with van der Waals surface area (Å²) in [7, 11) is 0. The van der Waals surface area contributed by atoms with Crippen molar-refractivity contribution in [3.63, 3.8) is 0 Å². The first-order valence-corrected chi connectivity index (χ1v) is 8.86. The van der Waals surface area contributed by atoms with Gasteiger partial charge in [0.15, 0.2) is 0 Å². The summed E-state index contributed by atoms with van der Waals surface area (Å²) in [5.41, 5.74) is 1.67. The summed E-state index contributed by atoms with van der Waals surface area (Å²) in [6.45, 7) is 2.03. The third kappa shape index (κ3) is 4.83. The van der Waals surface area contributed by atoms with Gasteiger partial charge in [-0.2, -0.15) is 0 Å². The molecule has 1 heterocycles. The molecule has 0 aliphatic heterocycles. The van der Waals surface area contributed by atoms with Crippen molar-refractivity contribution >= 4 is 40.7 Å². The number of ether oxygens (including phenoxy) is 1. The van der Waals surface area contributed by atoms with Gasteiger partial charge in [-0.1, -0.05) is 23.7 Å². The zero-order valence-corrected chi connectivity index (χ0v) is 15.7. The second-order valence-corrected chi connectivity index (χ2v) is 6.08. The van der Waals surface area contributed by atoms with Crippen molar-refractivity contribution in [1.29, 1.82) is 0 Å². The average molecular weight is 397 g/mol. The summed E-state index contributed by atoms with van der Waals surface area (Å²) < 4.78 is 5.04. The number of rotatable bonds is 6. The van der Waals surface area contributed by atoms with Gasteiger partial charge < -0.3 is 15.4 Å². The molecule has 3 rings (SSSR count). The van der Waals surface area contributed by atoms with Crippen molar-refractivity contribution < 1.29 is 14.3 Å². The van der Waals surface area contributed by atoms with Gasteiger partial charge in [-0.05, 0) is 43.3 Å². The highest BCUT2D eigenvalue weighted by molar-refractivity contribution is 6.30. The number of benzene rings is 2. The molecular formula is C20H17ClN4O3. The van der Waals surface area contributed by atoms with Gasteiger partial charge in [-0.15, -0.1) is 0 Å². The van der Waals surface area contributed by atoms with E-state index in [-0.39, 0.29) is 12.3 Å². The Bertz CT molecular complexity index is 976. The zero-order chi connectivity index (χ0) is 19.9. The van der Waals surface area contributed by atoms with E-state index in [9.17, 15) is 9.59 Å². The Labute approximate surface area is 166 Å². The van der Waals surface area contributed by atoms with Gasteiger partial charge in [0.2, 0.25) is 0 Å². The molecule has 0 aliphatic rings. The van der Waals surface area contributed by atoms with Gasteiger partial charge in [0, 0.05) is 10.7 Å². The summed E-state index contributed by atoms with van der Waals surface area (Å²) in [6.07, 6.45) is 2.76. The van der Waals surface area contributed by atoms with Crippen LogP contribution in [0.1, 0.15) is 27.8 Å². The molecule has 3 aromatic rings. The molecule has 7 nitrogen and oxygen atoms in total. The smallest absolute Gasteiger partial charge is 0.340 e. The largest absolute Gasteiger partial charge is 0.462 e. The lowest BCUT2D eigenvalue weighted by molar-refractivity contribution is 0.0527. The third-order valence-corrected chi connectivity index (χ3v) is 3.92. The van der Waals surface area contributed by atoms with Crippen LogP contribution in [0.25, 0.3) is 0 Å². The summed E-state index contributed by atoms with van der Waals surface area (Å²) >= 11 is 5.83. The van der Waals surface area contributed by atoms with Crippen LogP contribution in [-0.2, 0) is 4.74 Å². The van der Waals surface area contributed by atoms with E-state index in [0.717, 1.165) is 0 Å². The molecule has 0 saturated carbocycles. The SMILES string of the molecule is CCOC(=O)c1ccccc1Nc1cnc(C(=O)Nc2ccc(Cl)cc2)cn1. The van der Waals surface area contributed by atoms with Crippen molar-refractivity contribution in [2.45, 2.75) is 6.92 Å². The maximum atomic E-state index is 12.3. The molecule has 0 atom stereocenters.